The van der Waals surface area contributed by atoms with Gasteiger partial charge in [-0.2, -0.15) is 0 Å². The standard InChI is InChI=1S/C16H22N4O/c1-12(17)13-5-4-7-19(10-13)11-14-9-16(21)20-8-3-2-6-15(20)18-14/h2-3,6,8-9,12-13H,4-5,7,10-11,17H2,1H3. The Morgan fingerprint density at radius 2 is 2.33 bits per heavy atom. The fourth-order valence-electron chi connectivity index (χ4n) is 3.08. The lowest BCUT2D eigenvalue weighted by Gasteiger charge is -2.34. The van der Waals surface area contributed by atoms with Gasteiger partial charge in [-0.1, -0.05) is 6.07 Å². The molecule has 1 saturated heterocycles. The molecule has 0 saturated carbocycles. The van der Waals surface area contributed by atoms with Crippen molar-refractivity contribution in [2.75, 3.05) is 13.1 Å². The minimum atomic E-state index is -0.0173. The second-order valence-corrected chi connectivity index (χ2v) is 6.01. The Kier molecular flexibility index (Phi) is 4.03. The third-order valence-electron chi connectivity index (χ3n) is 4.30. The molecule has 112 valence electrons. The van der Waals surface area contributed by atoms with Crippen LogP contribution in [0.4, 0.5) is 0 Å². The number of hydrogen-bond donors (Lipinski definition) is 1. The van der Waals surface area contributed by atoms with Gasteiger partial charge in [-0.25, -0.2) is 4.98 Å². The average molecular weight is 286 g/mol. The summed E-state index contributed by atoms with van der Waals surface area (Å²) in [6, 6.07) is 7.48. The van der Waals surface area contributed by atoms with E-state index in [0.717, 1.165) is 25.3 Å². The number of rotatable bonds is 3. The van der Waals surface area contributed by atoms with Gasteiger partial charge in [0.05, 0.1) is 5.69 Å². The highest BCUT2D eigenvalue weighted by atomic mass is 16.1. The molecule has 3 heterocycles. The summed E-state index contributed by atoms with van der Waals surface area (Å²) in [5.74, 6) is 0.542. The van der Waals surface area contributed by atoms with Gasteiger partial charge in [-0.15, -0.1) is 0 Å². The summed E-state index contributed by atoms with van der Waals surface area (Å²) >= 11 is 0. The van der Waals surface area contributed by atoms with E-state index in [4.69, 9.17) is 5.73 Å². The molecular formula is C16H22N4O. The number of nitrogens with two attached hydrogens (primary N) is 1. The summed E-state index contributed by atoms with van der Waals surface area (Å²) < 4.78 is 1.57. The number of nitrogens with zero attached hydrogens (tertiary/aromatic N) is 3. The molecule has 21 heavy (non-hydrogen) atoms. The molecule has 2 unspecified atom stereocenters. The molecule has 2 aromatic rings. The molecule has 1 aliphatic heterocycles. The smallest absolute Gasteiger partial charge is 0.258 e. The maximum Gasteiger partial charge on any atom is 0.258 e. The summed E-state index contributed by atoms with van der Waals surface area (Å²) in [6.07, 6.45) is 4.11. The molecule has 5 nitrogen and oxygen atoms in total. The summed E-state index contributed by atoms with van der Waals surface area (Å²) in [6.45, 7) is 4.85. The van der Waals surface area contributed by atoms with Crippen molar-refractivity contribution in [2.45, 2.75) is 32.4 Å². The maximum absolute atomic E-state index is 12.1. The Morgan fingerprint density at radius 1 is 1.48 bits per heavy atom. The predicted molar refractivity (Wildman–Crippen MR) is 83.1 cm³/mol. The number of pyridine rings is 1. The molecule has 0 spiro atoms. The van der Waals surface area contributed by atoms with Gasteiger partial charge in [0, 0.05) is 31.4 Å². The van der Waals surface area contributed by atoms with Gasteiger partial charge in [0.2, 0.25) is 0 Å². The van der Waals surface area contributed by atoms with Crippen LogP contribution in [0.2, 0.25) is 0 Å². The van der Waals surface area contributed by atoms with E-state index >= 15 is 0 Å². The first-order chi connectivity index (χ1) is 10.1. The zero-order valence-corrected chi connectivity index (χ0v) is 12.4. The minimum Gasteiger partial charge on any atom is -0.328 e. The van der Waals surface area contributed by atoms with Crippen LogP contribution < -0.4 is 11.3 Å². The van der Waals surface area contributed by atoms with Crippen LogP contribution >= 0.6 is 0 Å². The van der Waals surface area contributed by atoms with Gasteiger partial charge in [-0.3, -0.25) is 14.1 Å². The van der Waals surface area contributed by atoms with Crippen molar-refractivity contribution in [2.24, 2.45) is 11.7 Å². The van der Waals surface area contributed by atoms with Gasteiger partial charge >= 0.3 is 0 Å². The van der Waals surface area contributed by atoms with Crippen LogP contribution in [0, 0.1) is 5.92 Å². The van der Waals surface area contributed by atoms with Gasteiger partial charge in [0.25, 0.3) is 5.56 Å². The van der Waals surface area contributed by atoms with E-state index in [9.17, 15) is 4.79 Å². The van der Waals surface area contributed by atoms with Crippen molar-refractivity contribution < 1.29 is 0 Å². The van der Waals surface area contributed by atoms with Crippen LogP contribution in [0.25, 0.3) is 5.65 Å². The van der Waals surface area contributed by atoms with Crippen molar-refractivity contribution in [1.29, 1.82) is 0 Å². The summed E-state index contributed by atoms with van der Waals surface area (Å²) in [7, 11) is 0. The summed E-state index contributed by atoms with van der Waals surface area (Å²) in [5.41, 5.74) is 7.56. The van der Waals surface area contributed by atoms with Crippen LogP contribution in [-0.2, 0) is 6.54 Å². The number of fused-ring (bicyclic) bond motifs is 1. The highest BCUT2D eigenvalue weighted by molar-refractivity contribution is 5.37. The van der Waals surface area contributed by atoms with Crippen LogP contribution in [-0.4, -0.2) is 33.4 Å². The van der Waals surface area contributed by atoms with Crippen LogP contribution in [0.3, 0.4) is 0 Å². The van der Waals surface area contributed by atoms with Crippen molar-refractivity contribution in [3.63, 3.8) is 0 Å². The fraction of sp³-hybridized carbons (Fsp3) is 0.500. The molecule has 3 rings (SSSR count). The molecule has 5 heteroatoms. The molecule has 1 fully saturated rings. The van der Waals surface area contributed by atoms with E-state index in [1.807, 2.05) is 18.2 Å². The van der Waals surface area contributed by atoms with Gasteiger partial charge in [0.1, 0.15) is 5.65 Å². The second-order valence-electron chi connectivity index (χ2n) is 6.01. The number of hydrogen-bond acceptors (Lipinski definition) is 4. The van der Waals surface area contributed by atoms with E-state index in [2.05, 4.69) is 16.8 Å². The average Bonchev–Trinajstić information content (AvgIpc) is 2.47. The lowest BCUT2D eigenvalue weighted by atomic mass is 9.92. The zero-order valence-electron chi connectivity index (χ0n) is 12.4. The number of aromatic nitrogens is 2. The SMILES string of the molecule is CC(N)C1CCCN(Cc2cc(=O)n3ccccc3n2)C1. The topological polar surface area (TPSA) is 63.6 Å². The number of likely N-dealkylation sites (tertiary alicyclic amines) is 1. The second kappa shape index (κ2) is 5.95. The highest BCUT2D eigenvalue weighted by Gasteiger charge is 2.23. The summed E-state index contributed by atoms with van der Waals surface area (Å²) in [4.78, 5) is 19.0. The first-order valence-corrected chi connectivity index (χ1v) is 7.59. The van der Waals surface area contributed by atoms with E-state index in [0.29, 0.717) is 11.6 Å². The third kappa shape index (κ3) is 3.14. The predicted octanol–water partition coefficient (Wildman–Crippen LogP) is 1.25. The van der Waals surface area contributed by atoms with Crippen molar-refractivity contribution in [1.82, 2.24) is 14.3 Å². The van der Waals surface area contributed by atoms with Crippen molar-refractivity contribution in [3.8, 4) is 0 Å². The van der Waals surface area contributed by atoms with E-state index in [1.165, 1.54) is 12.8 Å². The van der Waals surface area contributed by atoms with E-state index < -0.39 is 0 Å². The van der Waals surface area contributed by atoms with Crippen molar-refractivity contribution >= 4 is 5.65 Å². The van der Waals surface area contributed by atoms with Crippen LogP contribution in [0.15, 0.2) is 35.3 Å². The fourth-order valence-corrected chi connectivity index (χ4v) is 3.08. The summed E-state index contributed by atoms with van der Waals surface area (Å²) in [5, 5.41) is 0. The molecule has 2 N–H and O–H groups in total. The van der Waals surface area contributed by atoms with Gasteiger partial charge in [0.15, 0.2) is 0 Å². The Morgan fingerprint density at radius 3 is 3.14 bits per heavy atom. The molecule has 0 bridgehead atoms. The Hall–Kier alpha value is -1.72. The Labute approximate surface area is 124 Å². The molecule has 2 atom stereocenters. The highest BCUT2D eigenvalue weighted by Crippen LogP contribution is 2.19. The van der Waals surface area contributed by atoms with E-state index in [1.54, 1.807) is 16.7 Å². The maximum atomic E-state index is 12.1. The molecule has 0 amide bonds. The lowest BCUT2D eigenvalue weighted by molar-refractivity contribution is 0.153. The molecule has 0 aromatic carbocycles. The Bertz CT molecular complexity index is 679. The van der Waals surface area contributed by atoms with Crippen molar-refractivity contribution in [3.05, 3.63) is 46.5 Å². The molecule has 0 radical (unpaired) electrons. The molecule has 2 aromatic heterocycles. The van der Waals surface area contributed by atoms with E-state index in [-0.39, 0.29) is 11.6 Å². The monoisotopic (exact) mass is 286 g/mol. The largest absolute Gasteiger partial charge is 0.328 e. The molecular weight excluding hydrogens is 264 g/mol. The first kappa shape index (κ1) is 14.2. The Balaban J connectivity index is 1.80. The first-order valence-electron chi connectivity index (χ1n) is 7.59. The molecule has 1 aliphatic rings. The normalized spacial score (nSPS) is 21.5. The number of piperidine rings is 1. The minimum absolute atomic E-state index is 0.0173. The van der Waals surface area contributed by atoms with Crippen LogP contribution in [0.5, 0.6) is 0 Å². The lowest BCUT2D eigenvalue weighted by Crippen LogP contribution is -2.42. The zero-order chi connectivity index (χ0) is 14.8. The van der Waals surface area contributed by atoms with Gasteiger partial charge in [-0.05, 0) is 44.4 Å². The quantitative estimate of drug-likeness (QED) is 0.922. The molecule has 0 aliphatic carbocycles. The third-order valence-corrected chi connectivity index (χ3v) is 4.30. The van der Waals surface area contributed by atoms with Gasteiger partial charge < -0.3 is 5.73 Å². The van der Waals surface area contributed by atoms with Crippen LogP contribution in [0.1, 0.15) is 25.5 Å².